The number of esters is 3. The van der Waals surface area contributed by atoms with E-state index in [1.165, 1.54) is 20.1 Å². The van der Waals surface area contributed by atoms with Gasteiger partial charge < -0.3 is 51.3 Å². The molecule has 0 saturated carbocycles. The summed E-state index contributed by atoms with van der Waals surface area (Å²) < 4.78 is 28.0. The van der Waals surface area contributed by atoms with Crippen molar-refractivity contribution in [2.24, 2.45) is 28.1 Å². The molecule has 15 heteroatoms. The molecule has 8 N–H and O–H groups in total. The molecule has 0 spiro atoms. The zero-order chi connectivity index (χ0) is 35.8. The number of nitrogens with one attached hydrogen (secondary N) is 1. The van der Waals surface area contributed by atoms with Crippen LogP contribution in [0.1, 0.15) is 78.1 Å². The van der Waals surface area contributed by atoms with Crippen LogP contribution in [0.15, 0.2) is 47.2 Å². The first-order valence-corrected chi connectivity index (χ1v) is 16.1. The molecule has 1 aromatic rings. The van der Waals surface area contributed by atoms with Gasteiger partial charge >= 0.3 is 17.9 Å². The third-order valence-electron chi connectivity index (χ3n) is 7.55. The lowest BCUT2D eigenvalue weighted by Gasteiger charge is -2.40. The fourth-order valence-corrected chi connectivity index (χ4v) is 4.90. The molecule has 2 rings (SSSR count). The summed E-state index contributed by atoms with van der Waals surface area (Å²) in [5.41, 5.74) is 17.7. The van der Waals surface area contributed by atoms with Crippen molar-refractivity contribution in [1.82, 2.24) is 5.32 Å². The van der Waals surface area contributed by atoms with Crippen molar-refractivity contribution in [1.29, 1.82) is 0 Å². The van der Waals surface area contributed by atoms with Gasteiger partial charge in [0.15, 0.2) is 12.1 Å². The summed E-state index contributed by atoms with van der Waals surface area (Å²) in [6.45, 7) is 6.36. The first kappa shape index (κ1) is 40.0. The van der Waals surface area contributed by atoms with Crippen LogP contribution >= 0.6 is 0 Å². The van der Waals surface area contributed by atoms with E-state index in [9.17, 15) is 24.3 Å². The summed E-state index contributed by atoms with van der Waals surface area (Å²) >= 11 is 0. The van der Waals surface area contributed by atoms with Crippen molar-refractivity contribution < 1.29 is 48.0 Å². The second-order valence-electron chi connectivity index (χ2n) is 11.9. The molecule has 1 aromatic carbocycles. The van der Waals surface area contributed by atoms with Crippen LogP contribution in [0.5, 0.6) is 0 Å². The van der Waals surface area contributed by atoms with Crippen molar-refractivity contribution in [3.05, 3.63) is 47.7 Å². The van der Waals surface area contributed by atoms with Crippen molar-refractivity contribution in [3.8, 4) is 0 Å². The number of aliphatic hydroxyl groups is 1. The van der Waals surface area contributed by atoms with Crippen LogP contribution in [0.2, 0.25) is 0 Å². The number of methoxy groups -OCH3 is 1. The standard InChI is InChI=1S/C33H51N5O10/c1-6-7-8-9-13-16-25(41)45-18-23(40)28(44-5)29-27(37-20(4)39)22(38-33(35)36)17-24(46-29)30(42)47-32(21-14-11-10-12-15-21)48-31(43)26(34)19(2)3/h10-12,14-15,17,19,22-23,26-29,32,40H,6-9,13,16,18,34H2,1-5H3,(H,37,39)(H4,35,36,38)/t22-,23-,26-,27+,28-,29+,32?/m0/s1. The van der Waals surface area contributed by atoms with Crippen molar-refractivity contribution in [2.45, 2.75) is 109 Å². The van der Waals surface area contributed by atoms with Gasteiger partial charge in [-0.1, -0.05) is 76.8 Å². The summed E-state index contributed by atoms with van der Waals surface area (Å²) in [7, 11) is 1.27. The molecule has 1 aliphatic rings. The van der Waals surface area contributed by atoms with Gasteiger partial charge in [-0.25, -0.2) is 9.79 Å². The maximum absolute atomic E-state index is 13.6. The van der Waals surface area contributed by atoms with Crippen LogP contribution in [-0.4, -0.2) is 85.0 Å². The Hall–Kier alpha value is -4.21. The van der Waals surface area contributed by atoms with Crippen molar-refractivity contribution in [3.63, 3.8) is 0 Å². The molecule has 1 heterocycles. The molecule has 7 atom stereocenters. The van der Waals surface area contributed by atoms with Gasteiger partial charge in [0.2, 0.25) is 11.7 Å². The predicted molar refractivity (Wildman–Crippen MR) is 175 cm³/mol. The van der Waals surface area contributed by atoms with Crippen LogP contribution in [-0.2, 0) is 42.9 Å². The van der Waals surface area contributed by atoms with Crippen LogP contribution in [0.3, 0.4) is 0 Å². The maximum Gasteiger partial charge on any atom is 0.376 e. The van der Waals surface area contributed by atoms with Crippen molar-refractivity contribution >= 4 is 29.8 Å². The molecule has 268 valence electrons. The minimum atomic E-state index is -1.52. The quantitative estimate of drug-likeness (QED) is 0.0459. The summed E-state index contributed by atoms with van der Waals surface area (Å²) in [5.74, 6) is -3.95. The molecule has 48 heavy (non-hydrogen) atoms. The number of unbranched alkanes of at least 4 members (excludes halogenated alkanes) is 4. The maximum atomic E-state index is 13.6. The smallest absolute Gasteiger partial charge is 0.376 e. The van der Waals surface area contributed by atoms with E-state index < -0.39 is 78.9 Å². The number of nitrogens with zero attached hydrogens (tertiary/aromatic N) is 1. The lowest BCUT2D eigenvalue weighted by Crippen LogP contribution is -2.60. The number of carbonyl (C=O) groups excluding carboxylic acids is 4. The lowest BCUT2D eigenvalue weighted by molar-refractivity contribution is -0.193. The highest BCUT2D eigenvalue weighted by molar-refractivity contribution is 5.87. The second kappa shape index (κ2) is 20.2. The average molecular weight is 678 g/mol. The number of hydrogen-bond donors (Lipinski definition) is 5. The minimum Gasteiger partial charge on any atom is -0.478 e. The van der Waals surface area contributed by atoms with E-state index in [2.05, 4.69) is 17.2 Å². The first-order valence-electron chi connectivity index (χ1n) is 16.1. The van der Waals surface area contributed by atoms with E-state index in [0.29, 0.717) is 12.0 Å². The Balaban J connectivity index is 2.37. The average Bonchev–Trinajstić information content (AvgIpc) is 3.04. The lowest BCUT2D eigenvalue weighted by atomic mass is 9.92. The normalized spacial score (nSPS) is 19.8. The van der Waals surface area contributed by atoms with E-state index in [-0.39, 0.29) is 18.3 Å². The van der Waals surface area contributed by atoms with Gasteiger partial charge in [-0.3, -0.25) is 14.4 Å². The fourth-order valence-electron chi connectivity index (χ4n) is 4.90. The highest BCUT2D eigenvalue weighted by Gasteiger charge is 2.45. The van der Waals surface area contributed by atoms with Gasteiger partial charge in [0, 0.05) is 26.0 Å². The number of carbonyl (C=O) groups is 4. The minimum absolute atomic E-state index is 0.184. The van der Waals surface area contributed by atoms with Gasteiger partial charge in [0.05, 0.1) is 12.1 Å². The van der Waals surface area contributed by atoms with Gasteiger partial charge in [-0.05, 0) is 18.4 Å². The highest BCUT2D eigenvalue weighted by Crippen LogP contribution is 2.29. The van der Waals surface area contributed by atoms with Gasteiger partial charge in [-0.2, -0.15) is 0 Å². The third-order valence-corrected chi connectivity index (χ3v) is 7.55. The van der Waals surface area contributed by atoms with Crippen LogP contribution in [0.4, 0.5) is 0 Å². The third kappa shape index (κ3) is 12.8. The van der Waals surface area contributed by atoms with E-state index in [0.717, 1.165) is 25.7 Å². The Kier molecular flexibility index (Phi) is 16.8. The number of benzene rings is 1. The van der Waals surface area contributed by atoms with Gasteiger partial charge in [-0.15, -0.1) is 0 Å². The monoisotopic (exact) mass is 677 g/mol. The summed E-state index contributed by atoms with van der Waals surface area (Å²) in [6, 6.07) is 5.06. The molecule has 0 fully saturated rings. The van der Waals surface area contributed by atoms with E-state index in [1.54, 1.807) is 44.2 Å². The van der Waals surface area contributed by atoms with Gasteiger partial charge in [0.1, 0.15) is 24.9 Å². The molecule has 0 radical (unpaired) electrons. The summed E-state index contributed by atoms with van der Waals surface area (Å²) in [6.07, 6.45) is 0.532. The summed E-state index contributed by atoms with van der Waals surface area (Å²) in [5, 5.41) is 13.8. The first-order chi connectivity index (χ1) is 22.8. The molecule has 0 aliphatic carbocycles. The molecule has 15 nitrogen and oxygen atoms in total. The van der Waals surface area contributed by atoms with Crippen molar-refractivity contribution in [2.75, 3.05) is 13.7 Å². The number of rotatable bonds is 19. The molecular formula is C33H51N5O10. The Bertz CT molecular complexity index is 1250. The number of ether oxygens (including phenoxy) is 5. The van der Waals surface area contributed by atoms with Crippen LogP contribution in [0.25, 0.3) is 0 Å². The highest BCUT2D eigenvalue weighted by atomic mass is 16.7. The Morgan fingerprint density at radius 2 is 1.71 bits per heavy atom. The van der Waals surface area contributed by atoms with Crippen LogP contribution < -0.4 is 22.5 Å². The number of aliphatic hydroxyl groups excluding tert-OH is 1. The number of amides is 1. The number of hydrogen-bond acceptors (Lipinski definition) is 12. The number of nitrogens with two attached hydrogens (primary N) is 3. The van der Waals surface area contributed by atoms with E-state index in [4.69, 9.17) is 40.9 Å². The zero-order valence-electron chi connectivity index (χ0n) is 28.3. The van der Waals surface area contributed by atoms with E-state index in [1.807, 2.05) is 0 Å². The molecule has 1 amide bonds. The molecular weight excluding hydrogens is 626 g/mol. The predicted octanol–water partition coefficient (Wildman–Crippen LogP) is 1.46. The molecule has 0 aromatic heterocycles. The number of guanidine groups is 1. The number of aliphatic imine (C=N–C) groups is 1. The fraction of sp³-hybridized carbons (Fsp3) is 0.606. The molecule has 1 unspecified atom stereocenters. The van der Waals surface area contributed by atoms with E-state index >= 15 is 0 Å². The largest absolute Gasteiger partial charge is 0.478 e. The molecule has 0 bridgehead atoms. The molecule has 1 aliphatic heterocycles. The molecule has 0 saturated heterocycles. The second-order valence-corrected chi connectivity index (χ2v) is 11.9. The topological polar surface area (TPSA) is 237 Å². The SMILES string of the molecule is CCCCCCCC(=O)OC[C@H](O)[C@H](OC)[C@@H]1OC(C(=O)OC(OC(=O)[C@@H](N)C(C)C)c2ccccc2)=C[C@H](N=C(N)N)[C@H]1NC(C)=O. The zero-order valence-corrected chi connectivity index (χ0v) is 28.3. The Morgan fingerprint density at radius 1 is 1.04 bits per heavy atom. The van der Waals surface area contributed by atoms with Gasteiger partial charge in [0.25, 0.3) is 6.29 Å². The summed E-state index contributed by atoms with van der Waals surface area (Å²) in [4.78, 5) is 55.1. The Morgan fingerprint density at radius 3 is 2.29 bits per heavy atom. The Labute approximate surface area is 281 Å². The van der Waals surface area contributed by atoms with Crippen LogP contribution in [0, 0.1) is 5.92 Å².